The molecule has 0 saturated heterocycles. The summed E-state index contributed by atoms with van der Waals surface area (Å²) in [7, 11) is 1.46. The smallest absolute Gasteiger partial charge is 1.00 e. The van der Waals surface area contributed by atoms with Crippen molar-refractivity contribution < 1.29 is 64.6 Å². The molecule has 0 fully saturated rings. The third-order valence-corrected chi connectivity index (χ3v) is 5.10. The Kier molecular flexibility index (Phi) is 14.4. The summed E-state index contributed by atoms with van der Waals surface area (Å²) in [5.74, 6) is 0. The van der Waals surface area contributed by atoms with Crippen LogP contribution in [0.4, 0.5) is 4.79 Å². The van der Waals surface area contributed by atoms with Gasteiger partial charge in [0, 0.05) is 0 Å². The van der Waals surface area contributed by atoms with E-state index in [9.17, 15) is 4.79 Å². The minimum Gasteiger partial charge on any atom is -1.00 e. The van der Waals surface area contributed by atoms with Crippen LogP contribution < -0.4 is 37.2 Å². The van der Waals surface area contributed by atoms with Crippen molar-refractivity contribution in [3.05, 3.63) is 22.1 Å². The minimum atomic E-state index is -1.68. The van der Waals surface area contributed by atoms with Crippen molar-refractivity contribution in [3.8, 4) is 0 Å². The Morgan fingerprint density at radius 2 is 2.00 bits per heavy atom. The molecule has 0 aromatic rings. The average Bonchev–Trinajstić information content (AvgIpc) is 2.53. The molecule has 0 aromatic carbocycles. The van der Waals surface area contributed by atoms with Crippen molar-refractivity contribution in [3.63, 3.8) is 0 Å². The van der Waals surface area contributed by atoms with Crippen molar-refractivity contribution in [1.82, 2.24) is 0 Å². The van der Waals surface area contributed by atoms with Crippen LogP contribution in [0.5, 0.6) is 0 Å². The van der Waals surface area contributed by atoms with Gasteiger partial charge in [0.15, 0.2) is 0 Å². The van der Waals surface area contributed by atoms with Crippen LogP contribution in [0.25, 0.3) is 0 Å². The molecule has 0 aromatic heterocycles. The van der Waals surface area contributed by atoms with Crippen molar-refractivity contribution >= 4 is 4.27 Å². The first-order valence-corrected chi connectivity index (χ1v) is 6.66. The first-order chi connectivity index (χ1) is 5.25. The number of methoxy groups -OCH3 is 1. The van der Waals surface area contributed by atoms with E-state index in [0.717, 1.165) is 6.42 Å². The molecular formula is C8H11Cl3O2Ti. The number of rotatable bonds is 2. The Morgan fingerprint density at radius 3 is 2.36 bits per heavy atom. The van der Waals surface area contributed by atoms with E-state index in [1.54, 1.807) is 0 Å². The molecule has 14 heavy (non-hydrogen) atoms. The van der Waals surface area contributed by atoms with Crippen LogP contribution in [-0.4, -0.2) is 11.4 Å². The molecule has 0 atom stereocenters. The van der Waals surface area contributed by atoms with Crippen molar-refractivity contribution in [2.45, 2.75) is 11.6 Å². The van der Waals surface area contributed by atoms with E-state index in [2.05, 4.69) is 6.08 Å². The Hall–Kier alpha value is 0.534. The number of carbonyl (C=O) groups excluding carboxylic acids is 1. The van der Waals surface area contributed by atoms with Crippen LogP contribution in [0, 0.1) is 0 Å². The largest absolute Gasteiger partial charge is 1.00 e. The Labute approximate surface area is 109 Å². The molecule has 1 rings (SSSR count). The van der Waals surface area contributed by atoms with Gasteiger partial charge in [0.2, 0.25) is 0 Å². The van der Waals surface area contributed by atoms with Crippen LogP contribution >= 0.6 is 0 Å². The third-order valence-electron chi connectivity index (χ3n) is 1.74. The number of carbonyl (C=O) groups is 1. The molecule has 0 spiro atoms. The van der Waals surface area contributed by atoms with E-state index < -0.39 is 17.9 Å². The van der Waals surface area contributed by atoms with Crippen molar-refractivity contribution in [1.29, 1.82) is 0 Å². The normalized spacial score (nSPS) is 10.8. The summed E-state index contributed by atoms with van der Waals surface area (Å²) in [4.78, 5) is 11.1. The van der Waals surface area contributed by atoms with Crippen molar-refractivity contribution in [2.24, 2.45) is 0 Å². The summed E-state index contributed by atoms with van der Waals surface area (Å²) in [6.07, 6.45) is 7.09. The zero-order chi connectivity index (χ0) is 8.27. The number of halogens is 3. The molecular weight excluding hydrogens is 282 g/mol. The zero-order valence-corrected chi connectivity index (χ0v) is 11.7. The van der Waals surface area contributed by atoms with Crippen LogP contribution in [-0.2, 0) is 22.6 Å². The number of hydrogen-bond donors (Lipinski definition) is 0. The number of hydrogen-bond acceptors (Lipinski definition) is 2. The molecule has 1 aliphatic rings. The molecule has 0 bridgehead atoms. The van der Waals surface area contributed by atoms with Gasteiger partial charge in [0.1, 0.15) is 0 Å². The fraction of sp³-hybridized carbons (Fsp3) is 0.375. The molecule has 0 aliphatic heterocycles. The summed E-state index contributed by atoms with van der Waals surface area (Å²) in [5.41, 5.74) is 0. The summed E-state index contributed by atoms with van der Waals surface area (Å²) in [5, 5.41) is 2.03. The van der Waals surface area contributed by atoms with Crippen molar-refractivity contribution in [2.75, 3.05) is 7.11 Å². The predicted octanol–water partition coefficient (Wildman–Crippen LogP) is -6.73. The summed E-state index contributed by atoms with van der Waals surface area (Å²) >= 11 is -1.68. The van der Waals surface area contributed by atoms with Gasteiger partial charge < -0.3 is 37.2 Å². The molecule has 80 valence electrons. The maximum atomic E-state index is 11.1. The van der Waals surface area contributed by atoms with Gasteiger partial charge >= 0.3 is 72.5 Å². The van der Waals surface area contributed by atoms with Crippen LogP contribution in [0.3, 0.4) is 0 Å². The van der Waals surface area contributed by atoms with E-state index >= 15 is 0 Å². The fourth-order valence-corrected chi connectivity index (χ4v) is 3.10. The second-order valence-corrected chi connectivity index (χ2v) is 6.03. The number of ether oxygens (including phenoxy) is 1. The predicted molar refractivity (Wildman–Crippen MR) is 40.1 cm³/mol. The quantitative estimate of drug-likeness (QED) is 0.473. The number of allylic oxidation sites excluding steroid dienone is 4. The van der Waals surface area contributed by atoms with Gasteiger partial charge in [0.25, 0.3) is 0 Å². The van der Waals surface area contributed by atoms with Gasteiger partial charge in [-0.3, -0.25) is 0 Å². The van der Waals surface area contributed by atoms with E-state index in [0.29, 0.717) is 0 Å². The second-order valence-electron chi connectivity index (χ2n) is 2.44. The first kappa shape index (κ1) is 20.0. The van der Waals surface area contributed by atoms with Crippen LogP contribution in [0.2, 0.25) is 5.23 Å². The van der Waals surface area contributed by atoms with E-state index in [1.807, 2.05) is 17.4 Å². The summed E-state index contributed by atoms with van der Waals surface area (Å²) < 4.78 is 6.01. The second kappa shape index (κ2) is 10.1. The van der Waals surface area contributed by atoms with Crippen LogP contribution in [0.15, 0.2) is 22.1 Å². The SMILES string of the molecule is CO[C](=O)[Ti+3]([CH3])[C]1=CC=CC1.[Cl-].[Cl-].[Cl-]. The van der Waals surface area contributed by atoms with Crippen LogP contribution in [0.1, 0.15) is 6.42 Å². The van der Waals surface area contributed by atoms with E-state index in [1.165, 1.54) is 11.0 Å². The topological polar surface area (TPSA) is 26.3 Å². The summed E-state index contributed by atoms with van der Waals surface area (Å²) in [6.45, 7) is 0. The van der Waals surface area contributed by atoms with Gasteiger partial charge in [-0.05, 0) is 0 Å². The Balaban J connectivity index is -0.000000403. The minimum absolute atomic E-state index is 0. The molecule has 0 amide bonds. The maximum absolute atomic E-state index is 11.1. The standard InChI is InChI=1S/C5H5.C2H3O2.CH3.3ClH.Ti/c1-2-4-5-3-1;1-4-2-3;;;;;/h1-3H,4H2;1H3;1H3;3*1H;/q;;;;;;+3/p-3. The van der Waals surface area contributed by atoms with Gasteiger partial charge in [0.05, 0.1) is 0 Å². The third kappa shape index (κ3) is 5.42. The first-order valence-electron chi connectivity index (χ1n) is 3.53. The Morgan fingerprint density at radius 1 is 1.43 bits per heavy atom. The van der Waals surface area contributed by atoms with Gasteiger partial charge in [-0.25, -0.2) is 0 Å². The maximum Gasteiger partial charge on any atom is -1.00 e. The molecule has 0 radical (unpaired) electrons. The summed E-state index contributed by atoms with van der Waals surface area (Å²) in [6, 6.07) is 0. The molecule has 6 heteroatoms. The molecule has 2 nitrogen and oxygen atoms in total. The average molecular weight is 293 g/mol. The van der Waals surface area contributed by atoms with Gasteiger partial charge in [-0.15, -0.1) is 0 Å². The fourth-order valence-electron chi connectivity index (χ4n) is 1.01. The van der Waals surface area contributed by atoms with E-state index in [4.69, 9.17) is 4.74 Å². The molecule has 0 saturated carbocycles. The molecule has 0 N–H and O–H groups in total. The monoisotopic (exact) mass is 292 g/mol. The molecule has 0 unspecified atom stereocenters. The molecule has 1 aliphatic carbocycles. The zero-order valence-electron chi connectivity index (χ0n) is 7.89. The van der Waals surface area contributed by atoms with Gasteiger partial charge in [-0.2, -0.15) is 0 Å². The van der Waals surface area contributed by atoms with Gasteiger partial charge in [-0.1, -0.05) is 0 Å². The van der Waals surface area contributed by atoms with E-state index in [-0.39, 0.29) is 41.5 Å². The molecule has 0 heterocycles. The Bertz CT molecular complexity index is 229.